The third-order valence-corrected chi connectivity index (χ3v) is 5.67. The van der Waals surface area contributed by atoms with Crippen molar-refractivity contribution in [2.45, 2.75) is 33.4 Å². The molecule has 31 heavy (non-hydrogen) atoms. The van der Waals surface area contributed by atoms with Gasteiger partial charge in [-0.3, -0.25) is 9.59 Å². The van der Waals surface area contributed by atoms with Crippen LogP contribution in [0.15, 0.2) is 59.4 Å². The first-order valence-corrected chi connectivity index (χ1v) is 10.3. The molecule has 0 spiro atoms. The van der Waals surface area contributed by atoms with E-state index >= 15 is 0 Å². The lowest BCUT2D eigenvalue weighted by atomic mass is 10.2. The van der Waals surface area contributed by atoms with Crippen LogP contribution >= 0.6 is 11.6 Å². The van der Waals surface area contributed by atoms with Crippen molar-refractivity contribution in [2.24, 2.45) is 0 Å². The van der Waals surface area contributed by atoms with Crippen LogP contribution in [0.2, 0.25) is 5.02 Å². The lowest BCUT2D eigenvalue weighted by molar-refractivity contribution is -0.124. The second-order valence-electron chi connectivity index (χ2n) is 7.38. The number of hydrogen-bond donors (Lipinski definition) is 1. The van der Waals surface area contributed by atoms with Gasteiger partial charge in [-0.15, -0.1) is 0 Å². The molecule has 0 aliphatic heterocycles. The Morgan fingerprint density at radius 2 is 1.74 bits per heavy atom. The van der Waals surface area contributed by atoms with Gasteiger partial charge in [0.15, 0.2) is 0 Å². The van der Waals surface area contributed by atoms with E-state index in [1.165, 1.54) is 4.68 Å². The van der Waals surface area contributed by atoms with Crippen molar-refractivity contribution in [1.82, 2.24) is 24.9 Å². The van der Waals surface area contributed by atoms with Crippen LogP contribution < -0.4 is 10.9 Å². The molecule has 0 saturated carbocycles. The minimum absolute atomic E-state index is 0.268. The van der Waals surface area contributed by atoms with Gasteiger partial charge in [0.25, 0.3) is 5.56 Å². The van der Waals surface area contributed by atoms with Crippen molar-refractivity contribution in [2.75, 3.05) is 0 Å². The van der Waals surface area contributed by atoms with Gasteiger partial charge in [0.2, 0.25) is 5.91 Å². The van der Waals surface area contributed by atoms with E-state index in [0.717, 1.165) is 11.3 Å². The van der Waals surface area contributed by atoms with Crippen LogP contribution in [0.4, 0.5) is 0 Å². The number of halogens is 1. The van der Waals surface area contributed by atoms with Gasteiger partial charge in [0.1, 0.15) is 11.6 Å². The Bertz CT molecular complexity index is 1330. The molecule has 2 aromatic heterocycles. The Balaban J connectivity index is 1.68. The van der Waals surface area contributed by atoms with E-state index in [-0.39, 0.29) is 18.0 Å². The lowest BCUT2D eigenvalue weighted by Gasteiger charge is -2.15. The van der Waals surface area contributed by atoms with Crippen molar-refractivity contribution in [3.05, 3.63) is 86.9 Å². The van der Waals surface area contributed by atoms with Crippen molar-refractivity contribution in [3.8, 4) is 5.69 Å². The standard InChI is InChI=1S/C23H22ClN5O2/c1-14-21-20(15(2)28(27-21)18-10-5-4-6-11-18)23(31)29(26-14)16(3)22(30)25-13-17-9-7-8-12-19(17)24/h4-12,16H,13H2,1-3H3,(H,25,30). The summed E-state index contributed by atoms with van der Waals surface area (Å²) in [6, 6.07) is 16.1. The van der Waals surface area contributed by atoms with E-state index in [4.69, 9.17) is 11.6 Å². The fraction of sp³-hybridized carbons (Fsp3) is 0.217. The number of amides is 1. The zero-order chi connectivity index (χ0) is 22.1. The average molecular weight is 436 g/mol. The number of carbonyl (C=O) groups is 1. The molecule has 2 heterocycles. The van der Waals surface area contributed by atoms with E-state index < -0.39 is 6.04 Å². The maximum absolute atomic E-state index is 13.3. The highest BCUT2D eigenvalue weighted by Crippen LogP contribution is 2.21. The van der Waals surface area contributed by atoms with Gasteiger partial charge in [-0.05, 0) is 44.5 Å². The average Bonchev–Trinajstić information content (AvgIpc) is 3.13. The number of rotatable bonds is 5. The maximum atomic E-state index is 13.3. The number of benzene rings is 2. The number of nitrogens with one attached hydrogen (secondary N) is 1. The number of aryl methyl sites for hydroxylation is 2. The number of nitrogens with zero attached hydrogens (tertiary/aromatic N) is 4. The number of carbonyl (C=O) groups excluding carboxylic acids is 1. The Kier molecular flexibility index (Phi) is 5.61. The molecule has 0 bridgehead atoms. The van der Waals surface area contributed by atoms with E-state index in [1.54, 1.807) is 24.6 Å². The van der Waals surface area contributed by atoms with Crippen molar-refractivity contribution in [3.63, 3.8) is 0 Å². The minimum Gasteiger partial charge on any atom is -0.350 e. The zero-order valence-electron chi connectivity index (χ0n) is 17.5. The SMILES string of the molecule is Cc1nn(C(C)C(=O)NCc2ccccc2Cl)c(=O)c2c(C)n(-c3ccccc3)nc12. The van der Waals surface area contributed by atoms with Crippen LogP contribution in [0, 0.1) is 13.8 Å². The molecule has 7 nitrogen and oxygen atoms in total. The van der Waals surface area contributed by atoms with Crippen LogP contribution in [0.1, 0.15) is 29.9 Å². The Labute approximate surface area is 184 Å². The summed E-state index contributed by atoms with van der Waals surface area (Å²) in [4.78, 5) is 26.0. The summed E-state index contributed by atoms with van der Waals surface area (Å²) < 4.78 is 2.96. The molecule has 1 N–H and O–H groups in total. The number of fused-ring (bicyclic) bond motifs is 1. The second kappa shape index (κ2) is 8.35. The molecule has 0 fully saturated rings. The van der Waals surface area contributed by atoms with Gasteiger partial charge in [-0.1, -0.05) is 48.0 Å². The largest absolute Gasteiger partial charge is 0.350 e. The summed E-state index contributed by atoms with van der Waals surface area (Å²) in [5.41, 5.74) is 3.13. The summed E-state index contributed by atoms with van der Waals surface area (Å²) in [5, 5.41) is 12.9. The van der Waals surface area contributed by atoms with Crippen molar-refractivity contribution in [1.29, 1.82) is 0 Å². The van der Waals surface area contributed by atoms with Gasteiger partial charge in [-0.2, -0.15) is 10.2 Å². The first kappa shape index (κ1) is 20.8. The fourth-order valence-electron chi connectivity index (χ4n) is 3.55. The molecular weight excluding hydrogens is 414 g/mol. The van der Waals surface area contributed by atoms with Gasteiger partial charge in [0.05, 0.1) is 22.5 Å². The van der Waals surface area contributed by atoms with Crippen LogP contribution in [-0.2, 0) is 11.3 Å². The Morgan fingerprint density at radius 1 is 1.06 bits per heavy atom. The predicted molar refractivity (Wildman–Crippen MR) is 121 cm³/mol. The third kappa shape index (κ3) is 3.84. The number of para-hydroxylation sites is 1. The monoisotopic (exact) mass is 435 g/mol. The smallest absolute Gasteiger partial charge is 0.278 e. The summed E-state index contributed by atoms with van der Waals surface area (Å²) in [7, 11) is 0. The minimum atomic E-state index is -0.794. The summed E-state index contributed by atoms with van der Waals surface area (Å²) >= 11 is 6.16. The molecule has 1 atom stereocenters. The molecule has 0 saturated heterocycles. The normalized spacial score (nSPS) is 12.1. The van der Waals surface area contributed by atoms with E-state index in [9.17, 15) is 9.59 Å². The quantitative estimate of drug-likeness (QED) is 0.518. The first-order valence-electron chi connectivity index (χ1n) is 9.93. The molecular formula is C23H22ClN5O2. The highest BCUT2D eigenvalue weighted by atomic mass is 35.5. The van der Waals surface area contributed by atoms with E-state index in [2.05, 4.69) is 15.5 Å². The van der Waals surface area contributed by atoms with Crippen molar-refractivity contribution >= 4 is 28.4 Å². The van der Waals surface area contributed by atoms with Crippen LogP contribution in [0.5, 0.6) is 0 Å². The molecule has 2 aromatic carbocycles. The van der Waals surface area contributed by atoms with Gasteiger partial charge >= 0.3 is 0 Å². The van der Waals surface area contributed by atoms with Crippen LogP contribution in [-0.4, -0.2) is 25.5 Å². The Hall–Kier alpha value is -3.45. The molecule has 158 valence electrons. The molecule has 4 aromatic rings. The number of aromatic nitrogens is 4. The molecule has 1 amide bonds. The third-order valence-electron chi connectivity index (χ3n) is 5.30. The topological polar surface area (TPSA) is 81.8 Å². The fourth-order valence-corrected chi connectivity index (χ4v) is 3.75. The molecule has 0 aliphatic rings. The Morgan fingerprint density at radius 3 is 2.45 bits per heavy atom. The number of hydrogen-bond acceptors (Lipinski definition) is 4. The maximum Gasteiger partial charge on any atom is 0.278 e. The van der Waals surface area contributed by atoms with Gasteiger partial charge in [0, 0.05) is 11.6 Å². The molecule has 0 radical (unpaired) electrons. The first-order chi connectivity index (χ1) is 14.9. The summed E-state index contributed by atoms with van der Waals surface area (Å²) in [5.74, 6) is -0.318. The van der Waals surface area contributed by atoms with Gasteiger partial charge in [-0.25, -0.2) is 9.36 Å². The summed E-state index contributed by atoms with van der Waals surface area (Å²) in [6.45, 7) is 5.55. The molecule has 0 aliphatic carbocycles. The summed E-state index contributed by atoms with van der Waals surface area (Å²) in [6.07, 6.45) is 0. The molecule has 4 rings (SSSR count). The van der Waals surface area contributed by atoms with Crippen molar-refractivity contribution < 1.29 is 4.79 Å². The highest BCUT2D eigenvalue weighted by Gasteiger charge is 2.23. The van der Waals surface area contributed by atoms with E-state index in [0.29, 0.717) is 27.3 Å². The van der Waals surface area contributed by atoms with Crippen LogP contribution in [0.3, 0.4) is 0 Å². The van der Waals surface area contributed by atoms with E-state index in [1.807, 2.05) is 55.5 Å². The highest BCUT2D eigenvalue weighted by molar-refractivity contribution is 6.31. The molecule has 1 unspecified atom stereocenters. The zero-order valence-corrected chi connectivity index (χ0v) is 18.2. The van der Waals surface area contributed by atoms with Crippen LogP contribution in [0.25, 0.3) is 16.6 Å². The lowest BCUT2D eigenvalue weighted by Crippen LogP contribution is -2.37. The predicted octanol–water partition coefficient (Wildman–Crippen LogP) is 3.73. The molecule has 8 heteroatoms. The second-order valence-corrected chi connectivity index (χ2v) is 7.78. The van der Waals surface area contributed by atoms with Gasteiger partial charge < -0.3 is 5.32 Å².